The van der Waals surface area contributed by atoms with Crippen molar-refractivity contribution in [2.24, 2.45) is 0 Å². The molecule has 8 heteroatoms. The lowest BCUT2D eigenvalue weighted by molar-refractivity contribution is -0.166. The number of carbonyl (C=O) groups is 2. The molecule has 0 radical (unpaired) electrons. The van der Waals surface area contributed by atoms with Crippen LogP contribution in [0.5, 0.6) is 0 Å². The number of benzene rings is 2. The minimum absolute atomic E-state index is 0.0446. The molecule has 0 saturated carbocycles. The Labute approximate surface area is 176 Å². The van der Waals surface area contributed by atoms with Crippen molar-refractivity contribution >= 4 is 21.7 Å². The van der Waals surface area contributed by atoms with Crippen molar-refractivity contribution in [3.8, 4) is 0 Å². The zero-order chi connectivity index (χ0) is 21.8. The number of ether oxygens (including phenoxy) is 1. The fraction of sp³-hybridized carbons (Fsp3) is 0.364. The average Bonchev–Trinajstić information content (AvgIpc) is 3.12. The van der Waals surface area contributed by atoms with E-state index in [4.69, 9.17) is 4.74 Å². The fourth-order valence-electron chi connectivity index (χ4n) is 3.74. The molecular formula is C22H25NO6S. The predicted octanol–water partition coefficient (Wildman–Crippen LogP) is 1.50. The molecule has 0 bridgehead atoms. The van der Waals surface area contributed by atoms with Crippen molar-refractivity contribution in [2.75, 3.05) is 24.7 Å². The summed E-state index contributed by atoms with van der Waals surface area (Å²) in [4.78, 5) is 27.0. The average molecular weight is 432 g/mol. The summed E-state index contributed by atoms with van der Waals surface area (Å²) in [5.41, 5.74) is -1.43. The van der Waals surface area contributed by atoms with E-state index in [2.05, 4.69) is 0 Å². The van der Waals surface area contributed by atoms with Gasteiger partial charge < -0.3 is 14.7 Å². The van der Waals surface area contributed by atoms with Crippen LogP contribution in [0.3, 0.4) is 0 Å². The van der Waals surface area contributed by atoms with Gasteiger partial charge in [-0.25, -0.2) is 13.2 Å². The van der Waals surface area contributed by atoms with Crippen LogP contribution in [-0.4, -0.2) is 61.0 Å². The number of aliphatic hydroxyl groups is 1. The van der Waals surface area contributed by atoms with E-state index in [-0.39, 0.29) is 11.5 Å². The molecule has 1 amide bonds. The first kappa shape index (κ1) is 22.0. The van der Waals surface area contributed by atoms with Crippen LogP contribution in [0.15, 0.2) is 60.7 Å². The summed E-state index contributed by atoms with van der Waals surface area (Å²) in [6, 6.07) is 16.3. The van der Waals surface area contributed by atoms with Gasteiger partial charge in [-0.1, -0.05) is 60.7 Å². The van der Waals surface area contributed by atoms with Crippen LogP contribution in [0, 0.1) is 0 Å². The summed E-state index contributed by atoms with van der Waals surface area (Å²) in [5.74, 6) is -1.50. The lowest BCUT2D eigenvalue weighted by Crippen LogP contribution is -2.45. The number of carbonyl (C=O) groups excluding carboxylic acids is 2. The van der Waals surface area contributed by atoms with Crippen LogP contribution in [0.4, 0.5) is 0 Å². The van der Waals surface area contributed by atoms with Gasteiger partial charge in [0.25, 0.3) is 5.91 Å². The molecule has 30 heavy (non-hydrogen) atoms. The number of sulfone groups is 1. The Kier molecular flexibility index (Phi) is 6.58. The monoisotopic (exact) mass is 431 g/mol. The van der Waals surface area contributed by atoms with Gasteiger partial charge in [0.1, 0.15) is 0 Å². The topological polar surface area (TPSA) is 101 Å². The van der Waals surface area contributed by atoms with Crippen LogP contribution >= 0.6 is 0 Å². The summed E-state index contributed by atoms with van der Waals surface area (Å²) in [5, 5.41) is 11.3. The van der Waals surface area contributed by atoms with E-state index in [9.17, 15) is 23.1 Å². The zero-order valence-electron chi connectivity index (χ0n) is 16.7. The molecule has 0 spiro atoms. The van der Waals surface area contributed by atoms with Crippen molar-refractivity contribution in [3.05, 3.63) is 71.8 Å². The molecule has 2 aromatic carbocycles. The van der Waals surface area contributed by atoms with E-state index < -0.39 is 40.0 Å². The third-order valence-electron chi connectivity index (χ3n) is 5.32. The van der Waals surface area contributed by atoms with E-state index in [0.717, 1.165) is 0 Å². The van der Waals surface area contributed by atoms with Crippen molar-refractivity contribution in [1.29, 1.82) is 0 Å². The van der Waals surface area contributed by atoms with Crippen LogP contribution < -0.4 is 0 Å². The molecular weight excluding hydrogens is 406 g/mol. The Balaban J connectivity index is 1.77. The van der Waals surface area contributed by atoms with E-state index >= 15 is 0 Å². The van der Waals surface area contributed by atoms with E-state index in [0.29, 0.717) is 24.1 Å². The second-order valence-electron chi connectivity index (χ2n) is 7.26. The number of nitrogens with zero attached hydrogens (tertiary/aromatic N) is 1. The molecule has 7 nitrogen and oxygen atoms in total. The molecule has 3 rings (SSSR count). The smallest absolute Gasteiger partial charge is 0.348 e. The van der Waals surface area contributed by atoms with Crippen molar-refractivity contribution in [1.82, 2.24) is 4.90 Å². The van der Waals surface area contributed by atoms with Gasteiger partial charge in [0.2, 0.25) is 5.60 Å². The number of hydrogen-bond acceptors (Lipinski definition) is 6. The Hall–Kier alpha value is -2.71. The highest BCUT2D eigenvalue weighted by atomic mass is 32.2. The summed E-state index contributed by atoms with van der Waals surface area (Å²) in [6.07, 6.45) is 0.369. The van der Waals surface area contributed by atoms with Gasteiger partial charge in [-0.05, 0) is 24.5 Å². The highest BCUT2D eigenvalue weighted by molar-refractivity contribution is 7.91. The Morgan fingerprint density at radius 2 is 1.60 bits per heavy atom. The molecule has 0 aliphatic carbocycles. The van der Waals surface area contributed by atoms with Crippen molar-refractivity contribution < 1.29 is 27.9 Å². The number of rotatable bonds is 7. The first-order valence-corrected chi connectivity index (χ1v) is 11.6. The van der Waals surface area contributed by atoms with Crippen molar-refractivity contribution in [3.63, 3.8) is 0 Å². The van der Waals surface area contributed by atoms with E-state index in [1.165, 1.54) is 4.90 Å². The molecule has 1 heterocycles. The summed E-state index contributed by atoms with van der Waals surface area (Å²) in [7, 11) is -3.15. The maximum Gasteiger partial charge on any atom is 0.348 e. The Morgan fingerprint density at radius 3 is 2.03 bits per heavy atom. The molecule has 160 valence electrons. The molecule has 1 saturated heterocycles. The molecule has 1 aliphatic heterocycles. The third kappa shape index (κ3) is 4.55. The predicted molar refractivity (Wildman–Crippen MR) is 111 cm³/mol. The van der Waals surface area contributed by atoms with Gasteiger partial charge in [0.15, 0.2) is 16.4 Å². The van der Waals surface area contributed by atoms with Gasteiger partial charge in [0.05, 0.1) is 11.5 Å². The second kappa shape index (κ2) is 8.97. The minimum atomic E-state index is -3.15. The molecule has 2 aromatic rings. The molecule has 1 fully saturated rings. The maximum absolute atomic E-state index is 13.0. The number of esters is 1. The minimum Gasteiger partial charge on any atom is -0.453 e. The standard InChI is InChI=1S/C22H25NO6S/c1-2-23(19-13-14-30(27,28)16-19)20(24)15-29-21(25)22(26,17-9-5-3-6-10-17)18-11-7-4-8-12-18/h3-12,19,26H,2,13-16H2,1H3/t19-/m1/s1. The van der Waals surface area contributed by atoms with Gasteiger partial charge in [0, 0.05) is 12.6 Å². The Bertz CT molecular complexity index is 951. The van der Waals surface area contributed by atoms with Gasteiger partial charge in [-0.3, -0.25) is 4.79 Å². The van der Waals surface area contributed by atoms with E-state index in [1.807, 2.05) is 0 Å². The van der Waals surface area contributed by atoms with Crippen molar-refractivity contribution in [2.45, 2.75) is 25.0 Å². The first-order valence-electron chi connectivity index (χ1n) is 9.78. The summed E-state index contributed by atoms with van der Waals surface area (Å²) < 4.78 is 28.7. The SMILES string of the molecule is CCN(C(=O)COC(=O)C(O)(c1ccccc1)c1ccccc1)[C@@H]1CCS(=O)(=O)C1. The van der Waals surface area contributed by atoms with Gasteiger partial charge in [-0.15, -0.1) is 0 Å². The third-order valence-corrected chi connectivity index (χ3v) is 7.07. The first-order chi connectivity index (χ1) is 14.3. The molecule has 1 atom stereocenters. The molecule has 0 unspecified atom stereocenters. The quantitative estimate of drug-likeness (QED) is 0.667. The van der Waals surface area contributed by atoms with Crippen LogP contribution in [0.1, 0.15) is 24.5 Å². The van der Waals surface area contributed by atoms with Crippen LogP contribution in [0.25, 0.3) is 0 Å². The van der Waals surface area contributed by atoms with Crippen LogP contribution in [0.2, 0.25) is 0 Å². The van der Waals surface area contributed by atoms with Gasteiger partial charge in [-0.2, -0.15) is 0 Å². The Morgan fingerprint density at radius 1 is 1.07 bits per heavy atom. The maximum atomic E-state index is 13.0. The molecule has 1 N–H and O–H groups in total. The number of amides is 1. The second-order valence-corrected chi connectivity index (χ2v) is 9.48. The lowest BCUT2D eigenvalue weighted by atomic mass is 9.86. The van der Waals surface area contributed by atoms with Gasteiger partial charge >= 0.3 is 5.97 Å². The largest absolute Gasteiger partial charge is 0.453 e. The zero-order valence-corrected chi connectivity index (χ0v) is 17.5. The lowest BCUT2D eigenvalue weighted by Gasteiger charge is -2.29. The van der Waals surface area contributed by atoms with E-state index in [1.54, 1.807) is 67.6 Å². The highest BCUT2D eigenvalue weighted by Crippen LogP contribution is 2.31. The molecule has 0 aromatic heterocycles. The highest BCUT2D eigenvalue weighted by Gasteiger charge is 2.42. The summed E-state index contributed by atoms with van der Waals surface area (Å²) in [6.45, 7) is 1.47. The normalized spacial score (nSPS) is 18.0. The number of likely N-dealkylation sites (N-methyl/N-ethyl adjacent to an activating group) is 1. The molecule has 1 aliphatic rings. The number of hydrogen-bond donors (Lipinski definition) is 1. The summed E-state index contributed by atoms with van der Waals surface area (Å²) >= 11 is 0. The van der Waals surface area contributed by atoms with Crippen LogP contribution in [-0.2, 0) is 29.8 Å². The fourth-order valence-corrected chi connectivity index (χ4v) is 5.47.